The molecule has 3 aromatic rings. The zero-order chi connectivity index (χ0) is 17.9. The normalized spacial score (nSPS) is 12.2. The summed E-state index contributed by atoms with van der Waals surface area (Å²) in [7, 11) is 1.77. The number of para-hydroxylation sites is 1. The summed E-state index contributed by atoms with van der Waals surface area (Å²) in [4.78, 5) is 18.5. The minimum Gasteiger partial charge on any atom is -0.454 e. The minimum atomic E-state index is -0.143. The lowest BCUT2D eigenvalue weighted by Crippen LogP contribution is -2.36. The van der Waals surface area contributed by atoms with E-state index in [0.717, 1.165) is 33.5 Å². The summed E-state index contributed by atoms with van der Waals surface area (Å²) in [5.41, 5.74) is 2.89. The van der Waals surface area contributed by atoms with Crippen molar-refractivity contribution in [1.82, 2.24) is 15.2 Å². The van der Waals surface area contributed by atoms with Gasteiger partial charge in [0, 0.05) is 31.7 Å². The summed E-state index contributed by atoms with van der Waals surface area (Å²) in [5, 5.41) is 4.02. The van der Waals surface area contributed by atoms with Crippen molar-refractivity contribution in [2.75, 3.05) is 13.8 Å². The van der Waals surface area contributed by atoms with Crippen LogP contribution in [0.3, 0.4) is 0 Å². The van der Waals surface area contributed by atoms with E-state index in [-0.39, 0.29) is 12.8 Å². The van der Waals surface area contributed by atoms with E-state index in [4.69, 9.17) is 9.47 Å². The van der Waals surface area contributed by atoms with Crippen LogP contribution >= 0.6 is 0 Å². The molecular formula is C20H19N3O3. The maximum atomic E-state index is 12.4. The summed E-state index contributed by atoms with van der Waals surface area (Å²) in [5.74, 6) is 1.46. The molecule has 1 N–H and O–H groups in total. The third-order valence-electron chi connectivity index (χ3n) is 4.35. The number of carbonyl (C=O) groups is 1. The van der Waals surface area contributed by atoms with Crippen LogP contribution in [0.5, 0.6) is 11.5 Å². The predicted molar refractivity (Wildman–Crippen MR) is 98.0 cm³/mol. The average Bonchev–Trinajstić information content (AvgIpc) is 3.13. The molecule has 0 radical (unpaired) electrons. The van der Waals surface area contributed by atoms with Crippen molar-refractivity contribution in [2.24, 2.45) is 0 Å². The molecule has 0 aliphatic carbocycles. The van der Waals surface area contributed by atoms with Gasteiger partial charge in [-0.05, 0) is 29.3 Å². The molecule has 1 aromatic heterocycles. The second-order valence-corrected chi connectivity index (χ2v) is 6.19. The molecule has 1 aliphatic rings. The van der Waals surface area contributed by atoms with Crippen LogP contribution < -0.4 is 14.8 Å². The second kappa shape index (κ2) is 6.92. The van der Waals surface area contributed by atoms with Crippen molar-refractivity contribution in [2.45, 2.75) is 13.1 Å². The van der Waals surface area contributed by atoms with Gasteiger partial charge in [0.15, 0.2) is 11.5 Å². The molecule has 26 heavy (non-hydrogen) atoms. The first-order valence-corrected chi connectivity index (χ1v) is 8.41. The number of hydrogen-bond acceptors (Lipinski definition) is 4. The van der Waals surface area contributed by atoms with Gasteiger partial charge in [0.25, 0.3) is 0 Å². The van der Waals surface area contributed by atoms with E-state index in [1.807, 2.05) is 48.5 Å². The van der Waals surface area contributed by atoms with E-state index in [1.165, 1.54) is 0 Å². The molecule has 0 bridgehead atoms. The van der Waals surface area contributed by atoms with Crippen LogP contribution in [0.25, 0.3) is 10.9 Å². The van der Waals surface area contributed by atoms with Gasteiger partial charge in [-0.25, -0.2) is 4.79 Å². The Morgan fingerprint density at radius 2 is 2.00 bits per heavy atom. The fourth-order valence-electron chi connectivity index (χ4n) is 3.00. The highest BCUT2D eigenvalue weighted by Gasteiger charge is 2.15. The fraction of sp³-hybridized carbons (Fsp3) is 0.200. The lowest BCUT2D eigenvalue weighted by atomic mass is 10.1. The molecule has 2 aromatic carbocycles. The van der Waals surface area contributed by atoms with E-state index in [2.05, 4.69) is 10.3 Å². The standard InChI is InChI=1S/C20H19N3O3/c1-23(12-14-7-8-17-18(10-14)26-13-25-17)20(24)22-11-16-5-2-4-15-6-3-9-21-19(15)16/h2-10H,11-13H2,1H3,(H,22,24). The monoisotopic (exact) mass is 349 g/mol. The molecule has 6 heteroatoms. The van der Waals surface area contributed by atoms with Crippen LogP contribution in [-0.4, -0.2) is 29.8 Å². The van der Waals surface area contributed by atoms with Crippen LogP contribution in [0.1, 0.15) is 11.1 Å². The molecule has 132 valence electrons. The molecule has 0 unspecified atom stereocenters. The summed E-state index contributed by atoms with van der Waals surface area (Å²) in [6, 6.07) is 15.5. The van der Waals surface area contributed by atoms with Gasteiger partial charge >= 0.3 is 6.03 Å². The van der Waals surface area contributed by atoms with E-state index >= 15 is 0 Å². The molecule has 6 nitrogen and oxygen atoms in total. The first-order chi connectivity index (χ1) is 12.7. The molecule has 0 fully saturated rings. The van der Waals surface area contributed by atoms with Gasteiger partial charge in [0.05, 0.1) is 5.52 Å². The average molecular weight is 349 g/mol. The van der Waals surface area contributed by atoms with E-state index in [1.54, 1.807) is 18.1 Å². The molecule has 0 atom stereocenters. The van der Waals surface area contributed by atoms with Crippen LogP contribution in [0, 0.1) is 0 Å². The van der Waals surface area contributed by atoms with Crippen molar-refractivity contribution in [3.63, 3.8) is 0 Å². The number of rotatable bonds is 4. The first kappa shape index (κ1) is 16.2. The molecule has 0 saturated carbocycles. The molecule has 2 heterocycles. The molecule has 1 aliphatic heterocycles. The number of hydrogen-bond donors (Lipinski definition) is 1. The van der Waals surface area contributed by atoms with Crippen molar-refractivity contribution in [3.05, 3.63) is 65.9 Å². The van der Waals surface area contributed by atoms with Gasteiger partial charge in [-0.1, -0.05) is 30.3 Å². The van der Waals surface area contributed by atoms with Gasteiger partial charge in [-0.15, -0.1) is 0 Å². The van der Waals surface area contributed by atoms with Crippen molar-refractivity contribution >= 4 is 16.9 Å². The number of urea groups is 1. The van der Waals surface area contributed by atoms with Crippen LogP contribution in [-0.2, 0) is 13.1 Å². The van der Waals surface area contributed by atoms with Gasteiger partial charge < -0.3 is 19.7 Å². The number of aromatic nitrogens is 1. The lowest BCUT2D eigenvalue weighted by Gasteiger charge is -2.18. The van der Waals surface area contributed by atoms with E-state index < -0.39 is 0 Å². The van der Waals surface area contributed by atoms with Crippen LogP contribution in [0.4, 0.5) is 4.79 Å². The second-order valence-electron chi connectivity index (χ2n) is 6.19. The number of nitrogens with one attached hydrogen (secondary N) is 1. The first-order valence-electron chi connectivity index (χ1n) is 8.41. The Labute approximate surface area is 151 Å². The van der Waals surface area contributed by atoms with Gasteiger partial charge in [0.2, 0.25) is 6.79 Å². The number of carbonyl (C=O) groups excluding carboxylic acids is 1. The topological polar surface area (TPSA) is 63.7 Å². The summed E-state index contributed by atoms with van der Waals surface area (Å²) < 4.78 is 10.7. The third-order valence-corrected chi connectivity index (χ3v) is 4.35. The van der Waals surface area contributed by atoms with Gasteiger partial charge in [0.1, 0.15) is 0 Å². The predicted octanol–water partition coefficient (Wildman–Crippen LogP) is 3.31. The third kappa shape index (κ3) is 3.26. The Morgan fingerprint density at radius 1 is 1.15 bits per heavy atom. The zero-order valence-corrected chi connectivity index (χ0v) is 14.4. The largest absolute Gasteiger partial charge is 0.454 e. The highest BCUT2D eigenvalue weighted by Crippen LogP contribution is 2.32. The van der Waals surface area contributed by atoms with Crippen LogP contribution in [0.15, 0.2) is 54.7 Å². The number of pyridine rings is 1. The number of nitrogens with zero attached hydrogens (tertiary/aromatic N) is 2. The quantitative estimate of drug-likeness (QED) is 0.785. The van der Waals surface area contributed by atoms with E-state index in [9.17, 15) is 4.79 Å². The summed E-state index contributed by atoms with van der Waals surface area (Å²) >= 11 is 0. The SMILES string of the molecule is CN(Cc1ccc2c(c1)OCO2)C(=O)NCc1cccc2cccnc12. The van der Waals surface area contributed by atoms with Crippen molar-refractivity contribution in [3.8, 4) is 11.5 Å². The van der Waals surface area contributed by atoms with E-state index in [0.29, 0.717) is 13.1 Å². The fourth-order valence-corrected chi connectivity index (χ4v) is 3.00. The summed E-state index contributed by atoms with van der Waals surface area (Å²) in [6.07, 6.45) is 1.76. The number of benzene rings is 2. The molecule has 0 saturated heterocycles. The van der Waals surface area contributed by atoms with Crippen molar-refractivity contribution in [1.29, 1.82) is 0 Å². The van der Waals surface area contributed by atoms with Gasteiger partial charge in [-0.2, -0.15) is 0 Å². The Balaban J connectivity index is 1.40. The highest BCUT2D eigenvalue weighted by molar-refractivity contribution is 5.82. The Hall–Kier alpha value is -3.28. The number of fused-ring (bicyclic) bond motifs is 2. The molecule has 0 spiro atoms. The lowest BCUT2D eigenvalue weighted by molar-refractivity contribution is 0.174. The molecule has 4 rings (SSSR count). The summed E-state index contributed by atoms with van der Waals surface area (Å²) in [6.45, 7) is 1.16. The highest BCUT2D eigenvalue weighted by atomic mass is 16.7. The molecular weight excluding hydrogens is 330 g/mol. The smallest absolute Gasteiger partial charge is 0.317 e. The Kier molecular flexibility index (Phi) is 4.31. The minimum absolute atomic E-state index is 0.143. The number of ether oxygens (including phenoxy) is 2. The Bertz CT molecular complexity index is 953. The zero-order valence-electron chi connectivity index (χ0n) is 14.4. The van der Waals surface area contributed by atoms with Crippen LogP contribution in [0.2, 0.25) is 0 Å². The molecule has 2 amide bonds. The van der Waals surface area contributed by atoms with Crippen molar-refractivity contribution < 1.29 is 14.3 Å². The number of amides is 2. The Morgan fingerprint density at radius 3 is 2.92 bits per heavy atom. The van der Waals surface area contributed by atoms with Gasteiger partial charge in [-0.3, -0.25) is 4.98 Å². The maximum absolute atomic E-state index is 12.4. The maximum Gasteiger partial charge on any atom is 0.317 e.